The Morgan fingerprint density at radius 1 is 1.40 bits per heavy atom. The first kappa shape index (κ1) is 15.9. The van der Waals surface area contributed by atoms with Crippen LogP contribution in [0.15, 0.2) is 39.1 Å². The van der Waals surface area contributed by atoms with E-state index in [9.17, 15) is 8.42 Å². The molecule has 8 heteroatoms. The lowest BCUT2D eigenvalue weighted by molar-refractivity contribution is 0.470. The van der Waals surface area contributed by atoms with Crippen LogP contribution in [-0.2, 0) is 15.6 Å². The molecule has 0 fully saturated rings. The maximum absolute atomic E-state index is 12.4. The average Bonchev–Trinajstić information content (AvgIpc) is 2.85. The van der Waals surface area contributed by atoms with E-state index in [1.54, 1.807) is 20.0 Å². The van der Waals surface area contributed by atoms with Gasteiger partial charge in [-0.15, -0.1) is 11.3 Å². The summed E-state index contributed by atoms with van der Waals surface area (Å²) in [6.45, 7) is 3.54. The fraction of sp³-hybridized carbons (Fsp3) is 0.250. The van der Waals surface area contributed by atoms with Crippen molar-refractivity contribution < 1.29 is 8.42 Å². The first-order valence-electron chi connectivity index (χ1n) is 5.61. The summed E-state index contributed by atoms with van der Waals surface area (Å²) in [6, 6.07) is 4.48. The van der Waals surface area contributed by atoms with Crippen LogP contribution in [0.2, 0.25) is 5.02 Å². The molecule has 1 aromatic heterocycles. The summed E-state index contributed by atoms with van der Waals surface area (Å²) >= 11 is 10.5. The molecule has 0 unspecified atom stereocenters. The molecule has 0 radical (unpaired) electrons. The van der Waals surface area contributed by atoms with Gasteiger partial charge < -0.3 is 0 Å². The maximum atomic E-state index is 12.4. The van der Waals surface area contributed by atoms with Gasteiger partial charge in [-0.3, -0.25) is 0 Å². The zero-order valence-corrected chi connectivity index (χ0v) is 14.7. The molecular formula is C12H12BrClN2O2S2. The second-order valence-corrected chi connectivity index (χ2v) is 8.48. The summed E-state index contributed by atoms with van der Waals surface area (Å²) in [7, 11) is -3.66. The average molecular weight is 396 g/mol. The first-order chi connectivity index (χ1) is 9.22. The van der Waals surface area contributed by atoms with E-state index in [1.807, 2.05) is 5.38 Å². The van der Waals surface area contributed by atoms with E-state index < -0.39 is 15.6 Å². The summed E-state index contributed by atoms with van der Waals surface area (Å²) in [5.74, 6) is 0. The molecule has 0 saturated heterocycles. The number of thiazole rings is 1. The van der Waals surface area contributed by atoms with E-state index in [0.717, 1.165) is 0 Å². The zero-order chi connectivity index (χ0) is 15.0. The van der Waals surface area contributed by atoms with Crippen molar-refractivity contribution in [2.45, 2.75) is 24.3 Å². The van der Waals surface area contributed by atoms with E-state index in [1.165, 1.54) is 29.5 Å². The summed E-state index contributed by atoms with van der Waals surface area (Å²) in [5, 5.41) is 2.97. The van der Waals surface area contributed by atoms with Crippen LogP contribution in [0.1, 0.15) is 18.9 Å². The number of hydrogen-bond acceptors (Lipinski definition) is 4. The first-order valence-corrected chi connectivity index (χ1v) is 9.15. The molecule has 1 N–H and O–H groups in total. The topological polar surface area (TPSA) is 59.1 Å². The Labute approximate surface area is 135 Å². The van der Waals surface area contributed by atoms with Crippen molar-refractivity contribution in [3.05, 3.63) is 44.3 Å². The van der Waals surface area contributed by atoms with Gasteiger partial charge in [0.05, 0.1) is 15.5 Å². The second-order valence-electron chi connectivity index (χ2n) is 4.64. The largest absolute Gasteiger partial charge is 0.248 e. The predicted octanol–water partition coefficient (Wildman–Crippen LogP) is 3.77. The Morgan fingerprint density at radius 2 is 2.10 bits per heavy atom. The van der Waals surface area contributed by atoms with Gasteiger partial charge in [-0.2, -0.15) is 4.72 Å². The lowest BCUT2D eigenvalue weighted by atomic mass is 10.1. The van der Waals surface area contributed by atoms with Crippen LogP contribution in [0.3, 0.4) is 0 Å². The Kier molecular flexibility index (Phi) is 4.56. The highest BCUT2D eigenvalue weighted by atomic mass is 79.9. The number of nitrogens with zero attached hydrogens (tertiary/aromatic N) is 1. The van der Waals surface area contributed by atoms with Gasteiger partial charge in [0.15, 0.2) is 0 Å². The van der Waals surface area contributed by atoms with Crippen molar-refractivity contribution in [3.63, 3.8) is 0 Å². The van der Waals surface area contributed by atoms with E-state index in [4.69, 9.17) is 11.6 Å². The summed E-state index contributed by atoms with van der Waals surface area (Å²) < 4.78 is 28.0. The third-order valence-corrected chi connectivity index (χ3v) is 6.52. The number of hydrogen-bond donors (Lipinski definition) is 1. The molecule has 1 heterocycles. The number of nitrogens with one attached hydrogen (secondary N) is 1. The number of benzene rings is 1. The van der Waals surface area contributed by atoms with Crippen LogP contribution in [0.4, 0.5) is 0 Å². The third kappa shape index (κ3) is 3.40. The third-order valence-electron chi connectivity index (χ3n) is 2.56. The minimum Gasteiger partial charge on any atom is -0.248 e. The van der Waals surface area contributed by atoms with Crippen LogP contribution < -0.4 is 4.72 Å². The van der Waals surface area contributed by atoms with Gasteiger partial charge in [0, 0.05) is 16.0 Å². The summed E-state index contributed by atoms with van der Waals surface area (Å²) in [5.41, 5.74) is -0.779. The minimum absolute atomic E-state index is 0.151. The molecule has 0 aliphatic heterocycles. The van der Waals surface area contributed by atoms with E-state index in [-0.39, 0.29) is 4.90 Å². The Bertz CT molecular complexity index is 715. The van der Waals surface area contributed by atoms with Gasteiger partial charge >= 0.3 is 0 Å². The van der Waals surface area contributed by atoms with Crippen molar-refractivity contribution in [1.29, 1.82) is 0 Å². The zero-order valence-electron chi connectivity index (χ0n) is 10.7. The van der Waals surface area contributed by atoms with Crippen LogP contribution in [-0.4, -0.2) is 13.4 Å². The van der Waals surface area contributed by atoms with Crippen molar-refractivity contribution in [2.75, 3.05) is 0 Å². The summed E-state index contributed by atoms with van der Waals surface area (Å²) in [6.07, 6.45) is 1.65. The predicted molar refractivity (Wildman–Crippen MR) is 84.6 cm³/mol. The molecule has 2 aromatic rings. The van der Waals surface area contributed by atoms with Gasteiger partial charge in [-0.1, -0.05) is 11.6 Å². The molecule has 0 amide bonds. The normalized spacial score (nSPS) is 12.6. The lowest BCUT2D eigenvalue weighted by Gasteiger charge is -2.23. The van der Waals surface area contributed by atoms with Gasteiger partial charge in [-0.05, 0) is 48.0 Å². The van der Waals surface area contributed by atoms with Crippen LogP contribution in [0.25, 0.3) is 0 Å². The fourth-order valence-electron chi connectivity index (χ4n) is 1.61. The second kappa shape index (κ2) is 5.73. The van der Waals surface area contributed by atoms with Crippen molar-refractivity contribution in [3.8, 4) is 0 Å². The van der Waals surface area contributed by atoms with Gasteiger partial charge in [0.2, 0.25) is 10.0 Å². The molecule has 4 nitrogen and oxygen atoms in total. The molecule has 0 saturated carbocycles. The van der Waals surface area contributed by atoms with Gasteiger partial charge in [0.25, 0.3) is 0 Å². The van der Waals surface area contributed by atoms with E-state index in [2.05, 4.69) is 25.6 Å². The molecule has 1 aromatic carbocycles. The SMILES string of the molecule is CC(C)(NS(=O)(=O)c1ccc(Cl)c(Br)c1)c1nccs1. The van der Waals surface area contributed by atoms with E-state index >= 15 is 0 Å². The van der Waals surface area contributed by atoms with Crippen molar-refractivity contribution >= 4 is 48.9 Å². The number of halogens is 2. The highest BCUT2D eigenvalue weighted by Crippen LogP contribution is 2.28. The number of sulfonamides is 1. The minimum atomic E-state index is -3.66. The van der Waals surface area contributed by atoms with E-state index in [0.29, 0.717) is 14.5 Å². The Morgan fingerprint density at radius 3 is 2.65 bits per heavy atom. The van der Waals surface area contributed by atoms with Crippen LogP contribution >= 0.6 is 38.9 Å². The smallest absolute Gasteiger partial charge is 0.241 e. The highest BCUT2D eigenvalue weighted by Gasteiger charge is 2.30. The molecule has 0 aliphatic carbocycles. The molecular weight excluding hydrogens is 384 g/mol. The highest BCUT2D eigenvalue weighted by molar-refractivity contribution is 9.10. The number of rotatable bonds is 4. The molecule has 0 aliphatic rings. The lowest BCUT2D eigenvalue weighted by Crippen LogP contribution is -2.40. The molecule has 2 rings (SSSR count). The van der Waals surface area contributed by atoms with Crippen LogP contribution in [0.5, 0.6) is 0 Å². The summed E-state index contributed by atoms with van der Waals surface area (Å²) in [4.78, 5) is 4.31. The number of aromatic nitrogens is 1. The Hall–Kier alpha value is -0.470. The quantitative estimate of drug-likeness (QED) is 0.857. The molecule has 0 atom stereocenters. The van der Waals surface area contributed by atoms with Crippen molar-refractivity contribution in [1.82, 2.24) is 9.71 Å². The van der Waals surface area contributed by atoms with Gasteiger partial charge in [0.1, 0.15) is 5.01 Å². The maximum Gasteiger partial charge on any atom is 0.241 e. The molecule has 20 heavy (non-hydrogen) atoms. The van der Waals surface area contributed by atoms with Crippen LogP contribution in [0, 0.1) is 0 Å². The molecule has 108 valence electrons. The molecule has 0 spiro atoms. The van der Waals surface area contributed by atoms with Crippen molar-refractivity contribution in [2.24, 2.45) is 0 Å². The monoisotopic (exact) mass is 394 g/mol. The Balaban J connectivity index is 2.34. The standard InChI is InChI=1S/C12H12BrClN2O2S2/c1-12(2,11-15-5-6-19-11)16-20(17,18)8-3-4-10(14)9(13)7-8/h3-7,16H,1-2H3. The molecule has 0 bridgehead atoms. The van der Waals surface area contributed by atoms with Gasteiger partial charge in [-0.25, -0.2) is 13.4 Å². The fourth-order valence-corrected chi connectivity index (χ4v) is 4.45.